The van der Waals surface area contributed by atoms with Gasteiger partial charge in [0.2, 0.25) is 0 Å². The first-order valence-electron chi connectivity index (χ1n) is 4.08. The summed E-state index contributed by atoms with van der Waals surface area (Å²) in [5, 5.41) is 8.41. The molecule has 0 aliphatic heterocycles. The largest absolute Gasteiger partial charge is 0.481 e. The minimum Gasteiger partial charge on any atom is -0.481 e. The molecule has 0 amide bonds. The first kappa shape index (κ1) is 11.1. The van der Waals surface area contributed by atoms with Crippen LogP contribution < -0.4 is 0 Å². The highest BCUT2D eigenvalue weighted by molar-refractivity contribution is 5.85. The molecule has 0 bridgehead atoms. The fourth-order valence-corrected chi connectivity index (χ4v) is 0.916. The van der Waals surface area contributed by atoms with Gasteiger partial charge in [-0.15, -0.1) is 0 Å². The number of nitrogens with zero attached hydrogens (tertiary/aromatic N) is 1. The van der Waals surface area contributed by atoms with Crippen LogP contribution in [0.5, 0.6) is 0 Å². The third kappa shape index (κ3) is 7.25. The van der Waals surface area contributed by atoms with Gasteiger partial charge in [0, 0.05) is 5.71 Å². The molecular formula is C9H17NO2. The third-order valence-corrected chi connectivity index (χ3v) is 1.23. The van der Waals surface area contributed by atoms with E-state index < -0.39 is 5.97 Å². The van der Waals surface area contributed by atoms with Gasteiger partial charge in [-0.25, -0.2) is 0 Å². The quantitative estimate of drug-likeness (QED) is 0.661. The van der Waals surface area contributed by atoms with Crippen molar-refractivity contribution >= 4 is 11.7 Å². The summed E-state index contributed by atoms with van der Waals surface area (Å²) >= 11 is 0. The highest BCUT2D eigenvalue weighted by atomic mass is 16.4. The zero-order valence-corrected chi connectivity index (χ0v) is 8.22. The maximum absolute atomic E-state index is 10.2. The van der Waals surface area contributed by atoms with E-state index in [0.717, 1.165) is 5.71 Å². The standard InChI is InChI=1S/C9H17NO2/c1-7(5-6-8(11)12)10-9(2,3)4/h5-6H2,1-4H3,(H,11,12)/b10-7-. The first-order valence-corrected chi connectivity index (χ1v) is 4.08. The van der Waals surface area contributed by atoms with E-state index in [-0.39, 0.29) is 12.0 Å². The average Bonchev–Trinajstić information content (AvgIpc) is 1.79. The van der Waals surface area contributed by atoms with Crippen molar-refractivity contribution in [1.82, 2.24) is 0 Å². The summed E-state index contributed by atoms with van der Waals surface area (Å²) in [6.45, 7) is 7.86. The van der Waals surface area contributed by atoms with Crippen molar-refractivity contribution < 1.29 is 9.90 Å². The monoisotopic (exact) mass is 171 g/mol. The number of aliphatic carboxylic acids is 1. The first-order chi connectivity index (χ1) is 5.31. The molecule has 0 aromatic heterocycles. The summed E-state index contributed by atoms with van der Waals surface area (Å²) in [6.07, 6.45) is 0.720. The summed E-state index contributed by atoms with van der Waals surface area (Å²) in [5.74, 6) is -0.765. The lowest BCUT2D eigenvalue weighted by atomic mass is 10.1. The smallest absolute Gasteiger partial charge is 0.303 e. The zero-order valence-electron chi connectivity index (χ0n) is 8.22. The van der Waals surface area contributed by atoms with Gasteiger partial charge in [-0.05, 0) is 34.1 Å². The van der Waals surface area contributed by atoms with Crippen LogP contribution in [0.3, 0.4) is 0 Å². The lowest BCUT2D eigenvalue weighted by Crippen LogP contribution is -2.13. The number of rotatable bonds is 3. The van der Waals surface area contributed by atoms with Crippen LogP contribution in [0.1, 0.15) is 40.5 Å². The van der Waals surface area contributed by atoms with Crippen molar-refractivity contribution in [3.05, 3.63) is 0 Å². The van der Waals surface area contributed by atoms with Gasteiger partial charge < -0.3 is 5.11 Å². The second kappa shape index (κ2) is 4.24. The molecule has 0 heterocycles. The van der Waals surface area contributed by atoms with Crippen molar-refractivity contribution in [2.24, 2.45) is 4.99 Å². The minimum absolute atomic E-state index is 0.0947. The Hall–Kier alpha value is -0.860. The van der Waals surface area contributed by atoms with E-state index in [2.05, 4.69) is 4.99 Å². The van der Waals surface area contributed by atoms with Crippen molar-refractivity contribution in [3.8, 4) is 0 Å². The molecule has 1 N–H and O–H groups in total. The number of hydrogen-bond acceptors (Lipinski definition) is 2. The molecule has 3 heteroatoms. The van der Waals surface area contributed by atoms with Crippen LogP contribution >= 0.6 is 0 Å². The summed E-state index contributed by atoms with van der Waals surface area (Å²) in [7, 11) is 0. The van der Waals surface area contributed by atoms with Crippen molar-refractivity contribution in [1.29, 1.82) is 0 Å². The van der Waals surface area contributed by atoms with E-state index in [1.54, 1.807) is 0 Å². The summed E-state index contributed by atoms with van der Waals surface area (Å²) in [5.41, 5.74) is 0.813. The van der Waals surface area contributed by atoms with E-state index in [4.69, 9.17) is 5.11 Å². The topological polar surface area (TPSA) is 49.7 Å². The Kier molecular flexibility index (Phi) is 3.93. The van der Waals surface area contributed by atoms with Gasteiger partial charge >= 0.3 is 5.97 Å². The van der Waals surface area contributed by atoms with Crippen molar-refractivity contribution in [3.63, 3.8) is 0 Å². The number of carboxylic acid groups (broad SMARTS) is 1. The van der Waals surface area contributed by atoms with Crippen LogP contribution in [0.2, 0.25) is 0 Å². The van der Waals surface area contributed by atoms with E-state index in [1.165, 1.54) is 0 Å². The van der Waals surface area contributed by atoms with Crippen LogP contribution in [0.25, 0.3) is 0 Å². The van der Waals surface area contributed by atoms with Crippen LogP contribution in [0, 0.1) is 0 Å². The van der Waals surface area contributed by atoms with Gasteiger partial charge in [0.25, 0.3) is 0 Å². The molecule has 0 aromatic rings. The Morgan fingerprint density at radius 3 is 2.17 bits per heavy atom. The molecule has 0 spiro atoms. The van der Waals surface area contributed by atoms with Crippen LogP contribution in [-0.4, -0.2) is 22.3 Å². The normalized spacial score (nSPS) is 13.2. The predicted molar refractivity (Wildman–Crippen MR) is 49.7 cm³/mol. The van der Waals surface area contributed by atoms with Gasteiger partial charge in [0.05, 0.1) is 12.0 Å². The fraction of sp³-hybridized carbons (Fsp3) is 0.778. The Balaban J connectivity index is 3.95. The third-order valence-electron chi connectivity index (χ3n) is 1.23. The van der Waals surface area contributed by atoms with E-state index in [1.807, 2.05) is 27.7 Å². The highest BCUT2D eigenvalue weighted by Gasteiger charge is 2.07. The Bertz CT molecular complexity index is 189. The number of hydrogen-bond donors (Lipinski definition) is 1. The molecule has 0 saturated carbocycles. The van der Waals surface area contributed by atoms with E-state index in [0.29, 0.717) is 6.42 Å². The highest BCUT2D eigenvalue weighted by Crippen LogP contribution is 2.08. The molecule has 0 rings (SSSR count). The molecule has 0 saturated heterocycles. The maximum atomic E-state index is 10.2. The SMILES string of the molecule is C/C(CCC(=O)O)=N/C(C)(C)C. The van der Waals surface area contributed by atoms with Gasteiger partial charge in [-0.1, -0.05) is 0 Å². The second-order valence-corrected chi connectivity index (χ2v) is 3.91. The van der Waals surface area contributed by atoms with Gasteiger partial charge in [0.15, 0.2) is 0 Å². The maximum Gasteiger partial charge on any atom is 0.303 e. The van der Waals surface area contributed by atoms with Gasteiger partial charge in [-0.3, -0.25) is 9.79 Å². The van der Waals surface area contributed by atoms with E-state index >= 15 is 0 Å². The molecule has 0 aromatic carbocycles. The zero-order chi connectivity index (χ0) is 9.78. The number of carboxylic acids is 1. The fourth-order valence-electron chi connectivity index (χ4n) is 0.916. The molecule has 70 valence electrons. The van der Waals surface area contributed by atoms with Gasteiger partial charge in [-0.2, -0.15) is 0 Å². The second-order valence-electron chi connectivity index (χ2n) is 3.91. The van der Waals surface area contributed by atoms with Crippen LogP contribution in [-0.2, 0) is 4.79 Å². The Labute approximate surface area is 73.5 Å². The molecule has 0 fully saturated rings. The Morgan fingerprint density at radius 1 is 1.33 bits per heavy atom. The molecule has 3 nitrogen and oxygen atoms in total. The molecule has 12 heavy (non-hydrogen) atoms. The van der Waals surface area contributed by atoms with Gasteiger partial charge in [0.1, 0.15) is 0 Å². The predicted octanol–water partition coefficient (Wildman–Crippen LogP) is 2.11. The number of aliphatic imine (C=N–C) groups is 1. The molecular weight excluding hydrogens is 154 g/mol. The average molecular weight is 171 g/mol. The Morgan fingerprint density at radius 2 is 1.83 bits per heavy atom. The molecule has 0 radical (unpaired) electrons. The number of carbonyl (C=O) groups is 1. The van der Waals surface area contributed by atoms with Crippen LogP contribution in [0.4, 0.5) is 0 Å². The molecule has 0 unspecified atom stereocenters. The lowest BCUT2D eigenvalue weighted by Gasteiger charge is -2.13. The molecule has 0 atom stereocenters. The summed E-state index contributed by atoms with van der Waals surface area (Å²) in [6, 6.07) is 0. The lowest BCUT2D eigenvalue weighted by molar-refractivity contribution is -0.136. The molecule has 0 aliphatic rings. The molecule has 0 aliphatic carbocycles. The summed E-state index contributed by atoms with van der Waals surface area (Å²) < 4.78 is 0. The minimum atomic E-state index is -0.765. The van der Waals surface area contributed by atoms with Crippen molar-refractivity contribution in [2.75, 3.05) is 0 Å². The summed E-state index contributed by atoms with van der Waals surface area (Å²) in [4.78, 5) is 14.5. The van der Waals surface area contributed by atoms with E-state index in [9.17, 15) is 4.79 Å². The van der Waals surface area contributed by atoms with Crippen molar-refractivity contribution in [2.45, 2.75) is 46.1 Å². The van der Waals surface area contributed by atoms with Crippen LogP contribution in [0.15, 0.2) is 4.99 Å².